The molecule has 3 aliphatic heterocycles. The molecule has 20 aromatic rings. The van der Waals surface area contributed by atoms with Crippen LogP contribution >= 0.6 is 0 Å². The Kier molecular flexibility index (Phi) is 16.3. The van der Waals surface area contributed by atoms with Crippen LogP contribution in [0.15, 0.2) is 307 Å². The zero-order valence-electron chi connectivity index (χ0n) is 66.9. The maximum Gasteiger partial charge on any atom is 0.494 e. The van der Waals surface area contributed by atoms with Gasteiger partial charge in [0.25, 0.3) is 0 Å². The summed E-state index contributed by atoms with van der Waals surface area (Å²) in [6, 6.07) is 99.7. The highest BCUT2D eigenvalue weighted by Gasteiger charge is 2.54. The van der Waals surface area contributed by atoms with Gasteiger partial charge < -0.3 is 50.0 Å². The van der Waals surface area contributed by atoms with Crippen molar-refractivity contribution in [2.24, 2.45) is 0 Å². The zero-order chi connectivity index (χ0) is 79.1. The Morgan fingerprint density at radius 2 is 0.629 bits per heavy atom. The van der Waals surface area contributed by atoms with Gasteiger partial charge in [-0.1, -0.05) is 200 Å². The highest BCUT2D eigenvalue weighted by Crippen LogP contribution is 2.49. The molecule has 0 spiro atoms. The fraction of sp³-hybridized carbons (Fsp3) is 0.176. The molecule has 0 radical (unpaired) electrons. The van der Waals surface area contributed by atoms with Crippen LogP contribution in [0.1, 0.15) is 83.1 Å². The van der Waals surface area contributed by atoms with Gasteiger partial charge in [0.2, 0.25) is 0 Å². The lowest BCUT2D eigenvalue weighted by Gasteiger charge is -2.32. The van der Waals surface area contributed by atoms with E-state index in [1.165, 1.54) is 21.5 Å². The Balaban J connectivity index is 0.000000109. The van der Waals surface area contributed by atoms with E-state index in [1.807, 2.05) is 48.5 Å². The van der Waals surface area contributed by atoms with Crippen molar-refractivity contribution in [3.05, 3.63) is 285 Å². The number of fused-ring (bicyclic) bond motifs is 18. The molecule has 23 rings (SSSR count). The number of benzene rings is 15. The van der Waals surface area contributed by atoms with E-state index in [9.17, 15) is 0 Å². The minimum Gasteiger partial charge on any atom is -0.456 e. The molecule has 15 aromatic carbocycles. The molecule has 11 nitrogen and oxygen atoms in total. The van der Waals surface area contributed by atoms with E-state index >= 15 is 0 Å². The predicted molar refractivity (Wildman–Crippen MR) is 477 cm³/mol. The Hall–Kier alpha value is -12.0. The van der Waals surface area contributed by atoms with Crippen LogP contribution in [0.5, 0.6) is 0 Å². The number of rotatable bonds is 7. The summed E-state index contributed by atoms with van der Waals surface area (Å²) in [7, 11) is -1.31. The summed E-state index contributed by atoms with van der Waals surface area (Å²) in [5, 5.41) is 18.1. The SMILES string of the molecule is CC1(C)OB(c2cc(-c3ccccc3)cc(-c3cccc4c3oc3cc5ccccc5cc34)c2)OC1(C)C.CC1(C)OB(c2ccc3c(c2)oc2cccc(-c4c5ccccc5cc5oc6ccccc6c45)c23)OC1(C)C.CC1(C)OB(c2ccc3oc4ccc(-c5ccc6cc7oc8ccccc8c7cc6c5)cc4c3c2)OC1(C)C. The minimum atomic E-state index is -0.456. The maximum absolute atomic E-state index is 6.56. The molecular weight excluding hydrogens is 1430 g/mol. The van der Waals surface area contributed by atoms with Crippen LogP contribution in [0.2, 0.25) is 0 Å². The standard InChI is InChI=1S/2C34H27BO4.C34H29BO3/c1-33(2)34(3,4)39-35(38-33)21-16-17-24-28(19-21)37-27-15-9-13-25(30(24)27)31-22-11-6-5-10-20(22)18-29-32(31)23-12-7-8-14-26(23)36-29;1-33(2)34(3,4)39-35(38-33)24-12-14-31-28(19-24)27-16-21(11-13-30(27)36-31)20-9-10-22-18-32-26(17-23(22)15-20)25-7-5-6-8-29(25)37-32;1-33(2)34(3,4)38-35(37-33)27-18-25(22-11-6-5-7-12-22)17-26(19-27)28-15-10-16-29-30-20-23-13-8-9-14-24(23)21-31(30)36-32(28)29/h2*5-19H,1-4H3;5-21H,1-4H3. The summed E-state index contributed by atoms with van der Waals surface area (Å²) in [6.07, 6.45) is 0. The van der Waals surface area contributed by atoms with Crippen LogP contribution in [0.3, 0.4) is 0 Å². The van der Waals surface area contributed by atoms with Crippen molar-refractivity contribution in [3.8, 4) is 44.5 Å². The molecule has 0 saturated carbocycles. The lowest BCUT2D eigenvalue weighted by molar-refractivity contribution is 0.00578. The van der Waals surface area contributed by atoms with Gasteiger partial charge in [-0.2, -0.15) is 0 Å². The molecule has 0 aliphatic carbocycles. The third-order valence-corrected chi connectivity index (χ3v) is 25.7. The van der Waals surface area contributed by atoms with Gasteiger partial charge in [-0.3, -0.25) is 0 Å². The molecule has 3 saturated heterocycles. The first kappa shape index (κ1) is 71.8. The minimum absolute atomic E-state index is 0.386. The van der Waals surface area contributed by atoms with E-state index in [1.54, 1.807) is 0 Å². The van der Waals surface area contributed by atoms with Crippen LogP contribution in [-0.4, -0.2) is 55.0 Å². The molecule has 0 bridgehead atoms. The molecule has 0 N–H and O–H groups in total. The first-order valence-electron chi connectivity index (χ1n) is 40.1. The number of para-hydroxylation sites is 3. The number of furan rings is 5. The second-order valence-electron chi connectivity index (χ2n) is 34.5. The molecule has 0 amide bonds. The largest absolute Gasteiger partial charge is 0.494 e. The van der Waals surface area contributed by atoms with E-state index in [0.29, 0.717) is 0 Å². The van der Waals surface area contributed by atoms with Crippen LogP contribution in [0.4, 0.5) is 0 Å². The molecule has 5 aromatic heterocycles. The highest BCUT2D eigenvalue weighted by molar-refractivity contribution is 6.63. The topological polar surface area (TPSA) is 121 Å². The van der Waals surface area contributed by atoms with Crippen LogP contribution in [-0.2, 0) is 27.9 Å². The van der Waals surface area contributed by atoms with Crippen LogP contribution in [0, 0.1) is 0 Å². The summed E-state index contributed by atoms with van der Waals surface area (Å²) in [5.74, 6) is 0. The fourth-order valence-corrected chi connectivity index (χ4v) is 17.2. The fourth-order valence-electron chi connectivity index (χ4n) is 17.2. The molecular formula is C102H83B3O11. The van der Waals surface area contributed by atoms with Gasteiger partial charge in [0.15, 0.2) is 0 Å². The Morgan fingerprint density at radius 3 is 1.34 bits per heavy atom. The summed E-state index contributed by atoms with van der Waals surface area (Å²) >= 11 is 0. The molecule has 0 atom stereocenters. The van der Waals surface area contributed by atoms with Gasteiger partial charge >= 0.3 is 21.4 Å². The van der Waals surface area contributed by atoms with Gasteiger partial charge in [-0.25, -0.2) is 0 Å². The van der Waals surface area contributed by atoms with Crippen molar-refractivity contribution in [2.75, 3.05) is 0 Å². The Morgan fingerprint density at radius 1 is 0.198 bits per heavy atom. The summed E-state index contributed by atoms with van der Waals surface area (Å²) in [6.45, 7) is 25.0. The van der Waals surface area contributed by atoms with Gasteiger partial charge in [0.1, 0.15) is 55.8 Å². The van der Waals surface area contributed by atoms with E-state index < -0.39 is 43.8 Å². The maximum atomic E-state index is 6.56. The third-order valence-electron chi connectivity index (χ3n) is 25.7. The Labute approximate surface area is 672 Å². The molecule has 116 heavy (non-hydrogen) atoms. The van der Waals surface area contributed by atoms with Crippen LogP contribution < -0.4 is 16.4 Å². The molecule has 14 heteroatoms. The summed E-state index contributed by atoms with van der Waals surface area (Å²) in [5.41, 5.74) is 18.3. The van der Waals surface area contributed by atoms with Gasteiger partial charge in [-0.05, 0) is 250 Å². The second kappa shape index (κ2) is 26.3. The quantitative estimate of drug-likeness (QED) is 0.142. The number of hydrogen-bond acceptors (Lipinski definition) is 11. The first-order valence-corrected chi connectivity index (χ1v) is 40.1. The molecule has 0 unspecified atom stereocenters. The van der Waals surface area contributed by atoms with Gasteiger partial charge in [0.05, 0.1) is 33.6 Å². The van der Waals surface area contributed by atoms with E-state index in [4.69, 9.17) is 50.0 Å². The summed E-state index contributed by atoms with van der Waals surface area (Å²) < 4.78 is 69.9. The number of hydrogen-bond donors (Lipinski definition) is 0. The zero-order valence-corrected chi connectivity index (χ0v) is 66.9. The first-order chi connectivity index (χ1) is 55.8. The predicted octanol–water partition coefficient (Wildman–Crippen LogP) is 25.6. The average molecular weight is 1520 g/mol. The van der Waals surface area contributed by atoms with Crippen molar-refractivity contribution in [1.29, 1.82) is 0 Å². The van der Waals surface area contributed by atoms with E-state index in [2.05, 4.69) is 320 Å². The Bertz CT molecular complexity index is 7370. The highest BCUT2D eigenvalue weighted by atomic mass is 16.7. The molecule has 3 aliphatic rings. The normalized spacial score (nSPS) is 16.8. The molecule has 8 heterocycles. The van der Waals surface area contributed by atoms with Crippen molar-refractivity contribution in [2.45, 2.75) is 117 Å². The van der Waals surface area contributed by atoms with Crippen molar-refractivity contribution >= 4 is 180 Å². The average Bonchev–Trinajstić information content (AvgIpc) is 1.55. The lowest BCUT2D eigenvalue weighted by Crippen LogP contribution is -2.41. The van der Waals surface area contributed by atoms with Gasteiger partial charge in [0, 0.05) is 65.0 Å². The molecule has 3 fully saturated rings. The lowest BCUT2D eigenvalue weighted by atomic mass is 9.76. The third kappa shape index (κ3) is 11.8. The van der Waals surface area contributed by atoms with E-state index in [0.717, 1.165) is 181 Å². The summed E-state index contributed by atoms with van der Waals surface area (Å²) in [4.78, 5) is 0. The van der Waals surface area contributed by atoms with Crippen molar-refractivity contribution in [3.63, 3.8) is 0 Å². The van der Waals surface area contributed by atoms with Crippen molar-refractivity contribution in [1.82, 2.24) is 0 Å². The smallest absolute Gasteiger partial charge is 0.456 e. The monoisotopic (exact) mass is 1520 g/mol. The van der Waals surface area contributed by atoms with Crippen LogP contribution in [0.25, 0.3) is 187 Å². The second-order valence-corrected chi connectivity index (χ2v) is 34.5. The molecule has 566 valence electrons. The van der Waals surface area contributed by atoms with E-state index in [-0.39, 0.29) is 11.2 Å². The van der Waals surface area contributed by atoms with Crippen molar-refractivity contribution < 1.29 is 50.0 Å². The van der Waals surface area contributed by atoms with Gasteiger partial charge in [-0.15, -0.1) is 0 Å².